The van der Waals surface area contributed by atoms with E-state index in [1.54, 1.807) is 6.92 Å². The van der Waals surface area contributed by atoms with Gasteiger partial charge < -0.3 is 5.32 Å². The fraction of sp³-hybridized carbons (Fsp3) is 0.947. The predicted octanol–water partition coefficient (Wildman–Crippen LogP) is 5.85. The number of rotatable bonds is 14. The molecule has 0 spiro atoms. The number of hydrogen-bond acceptors (Lipinski definition) is 1. The highest BCUT2D eigenvalue weighted by molar-refractivity contribution is 5.73. The minimum atomic E-state index is 0.107. The monoisotopic (exact) mass is 297 g/mol. The third-order valence-electron chi connectivity index (χ3n) is 4.32. The summed E-state index contributed by atoms with van der Waals surface area (Å²) in [6.07, 6.45) is 16.1. The van der Waals surface area contributed by atoms with E-state index in [9.17, 15) is 4.79 Å². The van der Waals surface area contributed by atoms with E-state index >= 15 is 0 Å². The van der Waals surface area contributed by atoms with Gasteiger partial charge in [-0.1, -0.05) is 84.5 Å². The van der Waals surface area contributed by atoms with Gasteiger partial charge in [-0.2, -0.15) is 0 Å². The molecule has 0 aromatic heterocycles. The molecule has 0 aliphatic heterocycles. The van der Waals surface area contributed by atoms with Gasteiger partial charge in [0.1, 0.15) is 0 Å². The Bertz CT molecular complexity index is 240. The summed E-state index contributed by atoms with van der Waals surface area (Å²) in [5.41, 5.74) is 0. The molecule has 0 aromatic carbocycles. The van der Waals surface area contributed by atoms with Gasteiger partial charge in [0.05, 0.1) is 0 Å². The first-order chi connectivity index (χ1) is 10.1. The Morgan fingerprint density at radius 2 is 1.33 bits per heavy atom. The van der Waals surface area contributed by atoms with E-state index in [1.165, 1.54) is 70.6 Å². The van der Waals surface area contributed by atoms with Crippen molar-refractivity contribution in [1.29, 1.82) is 0 Å². The molecule has 0 aliphatic rings. The van der Waals surface area contributed by atoms with Gasteiger partial charge in [-0.15, -0.1) is 0 Å². The highest BCUT2D eigenvalue weighted by Gasteiger charge is 2.13. The fourth-order valence-corrected chi connectivity index (χ4v) is 3.18. The molecule has 0 rings (SSSR count). The Labute approximate surface area is 133 Å². The van der Waals surface area contributed by atoms with Crippen LogP contribution in [0, 0.1) is 5.92 Å². The van der Waals surface area contributed by atoms with Gasteiger partial charge in [-0.3, -0.25) is 4.79 Å². The molecule has 0 aromatic rings. The van der Waals surface area contributed by atoms with Crippen LogP contribution in [-0.2, 0) is 4.79 Å². The lowest BCUT2D eigenvalue weighted by atomic mass is 9.89. The molecule has 0 bridgehead atoms. The molecule has 0 radical (unpaired) electrons. The highest BCUT2D eigenvalue weighted by atomic mass is 16.1. The molecule has 1 N–H and O–H groups in total. The van der Waals surface area contributed by atoms with Crippen LogP contribution in [0.25, 0.3) is 0 Å². The molecule has 1 unspecified atom stereocenters. The van der Waals surface area contributed by atoms with E-state index in [0.717, 1.165) is 12.3 Å². The Morgan fingerprint density at radius 1 is 0.857 bits per heavy atom. The first kappa shape index (κ1) is 20.5. The van der Waals surface area contributed by atoms with Crippen LogP contribution in [0.4, 0.5) is 0 Å². The second-order valence-corrected chi connectivity index (χ2v) is 6.76. The van der Waals surface area contributed by atoms with Crippen molar-refractivity contribution in [3.63, 3.8) is 0 Å². The Balaban J connectivity index is 3.98. The normalized spacial score (nSPS) is 13.9. The molecular formula is C19H39NO. The van der Waals surface area contributed by atoms with E-state index in [-0.39, 0.29) is 5.91 Å². The summed E-state index contributed by atoms with van der Waals surface area (Å²) in [5, 5.41) is 3.05. The van der Waals surface area contributed by atoms with E-state index in [2.05, 4.69) is 26.1 Å². The van der Waals surface area contributed by atoms with Crippen molar-refractivity contribution in [3.05, 3.63) is 0 Å². The van der Waals surface area contributed by atoms with Crippen LogP contribution < -0.4 is 5.32 Å². The summed E-state index contributed by atoms with van der Waals surface area (Å²) in [6.45, 7) is 8.31. The highest BCUT2D eigenvalue weighted by Crippen LogP contribution is 2.23. The molecule has 0 aliphatic carbocycles. The quantitative estimate of drug-likeness (QED) is 0.400. The first-order valence-corrected chi connectivity index (χ1v) is 9.37. The largest absolute Gasteiger partial charge is 0.354 e. The number of hydrogen-bond donors (Lipinski definition) is 1. The third-order valence-corrected chi connectivity index (χ3v) is 4.32. The van der Waals surface area contributed by atoms with Crippen molar-refractivity contribution in [2.45, 2.75) is 111 Å². The maximum atomic E-state index is 11.2. The minimum absolute atomic E-state index is 0.107. The predicted molar refractivity (Wildman–Crippen MR) is 93.5 cm³/mol. The molecule has 1 amide bonds. The second kappa shape index (κ2) is 14.4. The molecule has 0 saturated heterocycles. The van der Waals surface area contributed by atoms with Crippen LogP contribution in [0.2, 0.25) is 0 Å². The summed E-state index contributed by atoms with van der Waals surface area (Å²) >= 11 is 0. The summed E-state index contributed by atoms with van der Waals surface area (Å²) in [4.78, 5) is 11.2. The van der Waals surface area contributed by atoms with Crippen molar-refractivity contribution in [3.8, 4) is 0 Å². The molecule has 0 fully saturated rings. The van der Waals surface area contributed by atoms with E-state index in [4.69, 9.17) is 0 Å². The van der Waals surface area contributed by atoms with E-state index in [0.29, 0.717) is 6.04 Å². The Kier molecular flexibility index (Phi) is 14.0. The van der Waals surface area contributed by atoms with Gasteiger partial charge in [0.15, 0.2) is 0 Å². The molecular weight excluding hydrogens is 258 g/mol. The lowest BCUT2D eigenvalue weighted by molar-refractivity contribution is -0.119. The lowest BCUT2D eigenvalue weighted by Gasteiger charge is -2.21. The van der Waals surface area contributed by atoms with Crippen LogP contribution in [0.5, 0.6) is 0 Å². The molecule has 21 heavy (non-hydrogen) atoms. The van der Waals surface area contributed by atoms with Crippen LogP contribution in [0.1, 0.15) is 105 Å². The van der Waals surface area contributed by atoms with Gasteiger partial charge in [0.2, 0.25) is 5.91 Å². The third kappa shape index (κ3) is 14.2. The van der Waals surface area contributed by atoms with Crippen LogP contribution in [0.3, 0.4) is 0 Å². The lowest BCUT2D eigenvalue weighted by Crippen LogP contribution is -2.32. The van der Waals surface area contributed by atoms with Crippen molar-refractivity contribution in [1.82, 2.24) is 5.32 Å². The molecule has 2 heteroatoms. The zero-order valence-electron chi connectivity index (χ0n) is 15.0. The molecule has 0 saturated carbocycles. The van der Waals surface area contributed by atoms with Crippen molar-refractivity contribution >= 4 is 5.91 Å². The summed E-state index contributed by atoms with van der Waals surface area (Å²) < 4.78 is 0. The number of amides is 1. The zero-order valence-corrected chi connectivity index (χ0v) is 15.0. The molecule has 126 valence electrons. The average molecular weight is 298 g/mol. The number of nitrogens with one attached hydrogen (secondary N) is 1. The fourth-order valence-electron chi connectivity index (χ4n) is 3.18. The van der Waals surface area contributed by atoms with Crippen LogP contribution in [0.15, 0.2) is 0 Å². The van der Waals surface area contributed by atoms with Gasteiger partial charge in [0, 0.05) is 13.0 Å². The first-order valence-electron chi connectivity index (χ1n) is 9.37. The van der Waals surface area contributed by atoms with Crippen molar-refractivity contribution in [2.75, 3.05) is 0 Å². The van der Waals surface area contributed by atoms with Crippen LogP contribution >= 0.6 is 0 Å². The maximum Gasteiger partial charge on any atom is 0.217 e. The average Bonchev–Trinajstić information content (AvgIpc) is 2.42. The minimum Gasteiger partial charge on any atom is -0.354 e. The number of carbonyl (C=O) groups is 1. The maximum absolute atomic E-state index is 11.2. The SMILES string of the molecule is CCCCCCCC(CCCCCC)C[C@@H](C)NC(C)=O. The van der Waals surface area contributed by atoms with Gasteiger partial charge in [-0.05, 0) is 19.3 Å². The smallest absolute Gasteiger partial charge is 0.217 e. The summed E-state index contributed by atoms with van der Waals surface area (Å²) in [5.74, 6) is 0.903. The standard InChI is InChI=1S/C19H39NO/c1-5-7-9-11-13-15-19(14-12-10-8-6-2)16-17(3)20-18(4)21/h17,19H,5-16H2,1-4H3,(H,20,21)/t17-,19?/m1/s1. The summed E-state index contributed by atoms with van der Waals surface area (Å²) in [7, 11) is 0. The van der Waals surface area contributed by atoms with Crippen molar-refractivity contribution in [2.24, 2.45) is 5.92 Å². The van der Waals surface area contributed by atoms with Gasteiger partial charge in [0.25, 0.3) is 0 Å². The second-order valence-electron chi connectivity index (χ2n) is 6.76. The van der Waals surface area contributed by atoms with Crippen LogP contribution in [-0.4, -0.2) is 11.9 Å². The molecule has 0 heterocycles. The zero-order chi connectivity index (χ0) is 15.9. The Hall–Kier alpha value is -0.530. The van der Waals surface area contributed by atoms with E-state index < -0.39 is 0 Å². The van der Waals surface area contributed by atoms with Crippen molar-refractivity contribution < 1.29 is 4.79 Å². The number of carbonyl (C=O) groups excluding carboxylic acids is 1. The number of unbranched alkanes of at least 4 members (excludes halogenated alkanes) is 7. The molecule has 2 atom stereocenters. The Morgan fingerprint density at radius 3 is 1.81 bits per heavy atom. The van der Waals surface area contributed by atoms with Gasteiger partial charge >= 0.3 is 0 Å². The van der Waals surface area contributed by atoms with E-state index in [1.807, 2.05) is 0 Å². The summed E-state index contributed by atoms with van der Waals surface area (Å²) in [6, 6.07) is 0.328. The topological polar surface area (TPSA) is 29.1 Å². The molecule has 2 nitrogen and oxygen atoms in total. The van der Waals surface area contributed by atoms with Gasteiger partial charge in [-0.25, -0.2) is 0 Å².